The molecule has 0 aliphatic carbocycles. The number of aromatic nitrogens is 2. The highest BCUT2D eigenvalue weighted by atomic mass is 16.4. The summed E-state index contributed by atoms with van der Waals surface area (Å²) in [6.45, 7) is 1.47. The molecule has 0 amide bonds. The van der Waals surface area contributed by atoms with Gasteiger partial charge < -0.3 is 20.4 Å². The molecule has 1 heterocycles. The first-order chi connectivity index (χ1) is 8.58. The maximum Gasteiger partial charge on any atom is 0.103 e. The fraction of sp³-hybridized carbons (Fsp3) is 0.667. The van der Waals surface area contributed by atoms with Gasteiger partial charge in [0.15, 0.2) is 0 Å². The van der Waals surface area contributed by atoms with E-state index < -0.39 is 24.9 Å². The summed E-state index contributed by atoms with van der Waals surface area (Å²) >= 11 is 0. The molecule has 6 nitrogen and oxygen atoms in total. The second-order valence-electron chi connectivity index (χ2n) is 4.26. The van der Waals surface area contributed by atoms with Crippen molar-refractivity contribution in [2.45, 2.75) is 44.5 Å². The first kappa shape index (κ1) is 15.0. The second-order valence-corrected chi connectivity index (χ2v) is 4.26. The molecular weight excluding hydrogens is 236 g/mol. The lowest BCUT2D eigenvalue weighted by atomic mass is 10.1. The SMILES string of the molecule is CCCC(O)c1cnc(C[C@H](O)[C@H](O)CO)cn1. The average Bonchev–Trinajstić information content (AvgIpc) is 2.38. The van der Waals surface area contributed by atoms with E-state index in [-0.39, 0.29) is 6.42 Å². The third-order valence-corrected chi connectivity index (χ3v) is 2.68. The standard InChI is InChI=1S/C12H20N2O4/c1-2-3-10(16)9-6-13-8(5-14-9)4-11(17)12(18)7-15/h5-6,10-12,15-18H,2-4,7H2,1H3/t10?,11-,12+/m0/s1. The van der Waals surface area contributed by atoms with Gasteiger partial charge in [-0.15, -0.1) is 0 Å². The van der Waals surface area contributed by atoms with Crippen LogP contribution in [0.25, 0.3) is 0 Å². The van der Waals surface area contributed by atoms with Crippen molar-refractivity contribution in [1.82, 2.24) is 9.97 Å². The van der Waals surface area contributed by atoms with E-state index in [1.165, 1.54) is 12.4 Å². The quantitative estimate of drug-likeness (QED) is 0.527. The Morgan fingerprint density at radius 2 is 1.83 bits per heavy atom. The predicted molar refractivity (Wildman–Crippen MR) is 64.7 cm³/mol. The Labute approximate surface area is 106 Å². The van der Waals surface area contributed by atoms with Gasteiger partial charge in [0.2, 0.25) is 0 Å². The number of rotatable bonds is 7. The van der Waals surface area contributed by atoms with Gasteiger partial charge in [-0.3, -0.25) is 9.97 Å². The maximum absolute atomic E-state index is 9.69. The molecule has 0 saturated carbocycles. The van der Waals surface area contributed by atoms with Crippen molar-refractivity contribution in [2.75, 3.05) is 6.61 Å². The molecule has 102 valence electrons. The molecule has 18 heavy (non-hydrogen) atoms. The first-order valence-electron chi connectivity index (χ1n) is 6.04. The highest BCUT2D eigenvalue weighted by molar-refractivity contribution is 5.06. The third-order valence-electron chi connectivity index (χ3n) is 2.68. The summed E-state index contributed by atoms with van der Waals surface area (Å²) in [5.74, 6) is 0. The molecule has 6 heteroatoms. The Kier molecular flexibility index (Phi) is 6.14. The largest absolute Gasteiger partial charge is 0.394 e. The van der Waals surface area contributed by atoms with Crippen LogP contribution in [0.4, 0.5) is 0 Å². The van der Waals surface area contributed by atoms with Crippen LogP contribution in [0.15, 0.2) is 12.4 Å². The molecule has 4 N–H and O–H groups in total. The first-order valence-corrected chi connectivity index (χ1v) is 6.04. The van der Waals surface area contributed by atoms with Crippen molar-refractivity contribution >= 4 is 0 Å². The van der Waals surface area contributed by atoms with Crippen molar-refractivity contribution in [3.8, 4) is 0 Å². The van der Waals surface area contributed by atoms with Gasteiger partial charge >= 0.3 is 0 Å². The minimum Gasteiger partial charge on any atom is -0.394 e. The molecule has 0 spiro atoms. The fourth-order valence-electron chi connectivity index (χ4n) is 1.54. The van der Waals surface area contributed by atoms with Crippen LogP contribution in [-0.4, -0.2) is 49.2 Å². The number of aliphatic hydroxyl groups excluding tert-OH is 4. The number of hydrogen-bond acceptors (Lipinski definition) is 6. The Hall–Kier alpha value is -1.08. The van der Waals surface area contributed by atoms with Crippen molar-refractivity contribution in [3.63, 3.8) is 0 Å². The average molecular weight is 256 g/mol. The van der Waals surface area contributed by atoms with Crippen LogP contribution < -0.4 is 0 Å². The molecule has 0 aliphatic rings. The van der Waals surface area contributed by atoms with Crippen LogP contribution in [0.5, 0.6) is 0 Å². The van der Waals surface area contributed by atoms with E-state index in [9.17, 15) is 15.3 Å². The minimum absolute atomic E-state index is 0.110. The number of hydrogen-bond donors (Lipinski definition) is 4. The summed E-state index contributed by atoms with van der Waals surface area (Å²) in [5, 5.41) is 37.1. The summed E-state index contributed by atoms with van der Waals surface area (Å²) < 4.78 is 0. The maximum atomic E-state index is 9.69. The van der Waals surface area contributed by atoms with E-state index in [4.69, 9.17) is 5.11 Å². The number of nitrogens with zero attached hydrogens (tertiary/aromatic N) is 2. The molecule has 0 aromatic carbocycles. The van der Waals surface area contributed by atoms with Crippen LogP contribution in [0, 0.1) is 0 Å². The van der Waals surface area contributed by atoms with Gasteiger partial charge in [-0.05, 0) is 6.42 Å². The van der Waals surface area contributed by atoms with Gasteiger partial charge in [0, 0.05) is 12.6 Å². The highest BCUT2D eigenvalue weighted by Crippen LogP contribution is 2.15. The highest BCUT2D eigenvalue weighted by Gasteiger charge is 2.17. The molecular formula is C12H20N2O4. The summed E-state index contributed by atoms with van der Waals surface area (Å²) in [4.78, 5) is 8.13. The van der Waals surface area contributed by atoms with Crippen LogP contribution in [0.3, 0.4) is 0 Å². The molecule has 1 rings (SSSR count). The monoisotopic (exact) mass is 256 g/mol. The van der Waals surface area contributed by atoms with Crippen molar-refractivity contribution < 1.29 is 20.4 Å². The lowest BCUT2D eigenvalue weighted by Crippen LogP contribution is -2.31. The van der Waals surface area contributed by atoms with Crippen LogP contribution in [-0.2, 0) is 6.42 Å². The summed E-state index contributed by atoms with van der Waals surface area (Å²) in [5.41, 5.74) is 1.00. The molecule has 0 aliphatic heterocycles. The Balaban J connectivity index is 2.60. The van der Waals surface area contributed by atoms with E-state index in [1.54, 1.807) is 0 Å². The Morgan fingerprint density at radius 3 is 2.33 bits per heavy atom. The second kappa shape index (κ2) is 7.38. The molecule has 1 aromatic rings. The zero-order chi connectivity index (χ0) is 13.5. The smallest absolute Gasteiger partial charge is 0.103 e. The van der Waals surface area contributed by atoms with Gasteiger partial charge in [-0.2, -0.15) is 0 Å². The molecule has 1 aromatic heterocycles. The topological polar surface area (TPSA) is 107 Å². The molecule has 3 atom stereocenters. The molecule has 0 radical (unpaired) electrons. The van der Waals surface area contributed by atoms with E-state index in [0.29, 0.717) is 17.8 Å². The van der Waals surface area contributed by atoms with E-state index in [1.807, 2.05) is 6.92 Å². The third kappa shape index (κ3) is 4.30. The lowest BCUT2D eigenvalue weighted by molar-refractivity contribution is -0.0137. The van der Waals surface area contributed by atoms with E-state index >= 15 is 0 Å². The van der Waals surface area contributed by atoms with E-state index in [0.717, 1.165) is 6.42 Å². The molecule has 0 fully saturated rings. The zero-order valence-electron chi connectivity index (χ0n) is 10.4. The van der Waals surface area contributed by atoms with Crippen LogP contribution in [0.2, 0.25) is 0 Å². The van der Waals surface area contributed by atoms with Gasteiger partial charge in [0.05, 0.1) is 36.4 Å². The van der Waals surface area contributed by atoms with Crippen molar-refractivity contribution in [2.24, 2.45) is 0 Å². The van der Waals surface area contributed by atoms with E-state index in [2.05, 4.69) is 9.97 Å². The normalized spacial score (nSPS) is 16.3. The van der Waals surface area contributed by atoms with Gasteiger partial charge in [-0.25, -0.2) is 0 Å². The summed E-state index contributed by atoms with van der Waals surface area (Å²) in [6, 6.07) is 0. The summed E-state index contributed by atoms with van der Waals surface area (Å²) in [6.07, 6.45) is 1.64. The lowest BCUT2D eigenvalue weighted by Gasteiger charge is -2.15. The van der Waals surface area contributed by atoms with Gasteiger partial charge in [0.25, 0.3) is 0 Å². The van der Waals surface area contributed by atoms with Gasteiger partial charge in [0.1, 0.15) is 6.10 Å². The van der Waals surface area contributed by atoms with Crippen molar-refractivity contribution in [1.29, 1.82) is 0 Å². The van der Waals surface area contributed by atoms with Gasteiger partial charge in [-0.1, -0.05) is 13.3 Å². The van der Waals surface area contributed by atoms with Crippen molar-refractivity contribution in [3.05, 3.63) is 23.8 Å². The minimum atomic E-state index is -1.18. The Bertz CT molecular complexity index is 344. The number of aliphatic hydroxyl groups is 4. The predicted octanol–water partition coefficient (Wildman–Crippen LogP) is -0.433. The van der Waals surface area contributed by atoms with Crippen LogP contribution in [0.1, 0.15) is 37.3 Å². The van der Waals surface area contributed by atoms with Crippen LogP contribution >= 0.6 is 0 Å². The fourth-order valence-corrected chi connectivity index (χ4v) is 1.54. The molecule has 0 saturated heterocycles. The Morgan fingerprint density at radius 1 is 1.11 bits per heavy atom. The summed E-state index contributed by atoms with van der Waals surface area (Å²) in [7, 11) is 0. The molecule has 1 unspecified atom stereocenters. The zero-order valence-corrected chi connectivity index (χ0v) is 10.4. The molecule has 0 bridgehead atoms.